The Balaban J connectivity index is 1.32. The average molecular weight is 390 g/mol. The first-order chi connectivity index (χ1) is 13.7. The summed E-state index contributed by atoms with van der Waals surface area (Å²) < 4.78 is 0. The van der Waals surface area contributed by atoms with Crippen LogP contribution in [-0.4, -0.2) is 60.4 Å². The molecule has 0 aromatic heterocycles. The predicted molar refractivity (Wildman–Crippen MR) is 111 cm³/mol. The highest BCUT2D eigenvalue weighted by Crippen LogP contribution is 2.32. The van der Waals surface area contributed by atoms with Gasteiger partial charge in [0.05, 0.1) is 6.04 Å². The minimum Gasteiger partial charge on any atom is -0.354 e. The predicted octanol–water partition coefficient (Wildman–Crippen LogP) is 3.19. The molecule has 1 atom stereocenters. The quantitative estimate of drug-likeness (QED) is 0.759. The van der Waals surface area contributed by atoms with Gasteiger partial charge in [-0.3, -0.25) is 14.5 Å². The topological polar surface area (TPSA) is 52.7 Å². The fraction of sp³-hybridized carbons (Fsp3) is 0.913. The minimum absolute atomic E-state index is 0.0204. The maximum Gasteiger partial charge on any atom is 0.237 e. The van der Waals surface area contributed by atoms with Crippen LogP contribution in [0.2, 0.25) is 0 Å². The number of hydrogen-bond donors (Lipinski definition) is 1. The van der Waals surface area contributed by atoms with E-state index in [0.717, 1.165) is 45.6 Å². The van der Waals surface area contributed by atoms with E-state index in [1.807, 2.05) is 0 Å². The highest BCUT2D eigenvalue weighted by Gasteiger charge is 2.38. The van der Waals surface area contributed by atoms with Crippen molar-refractivity contribution in [1.82, 2.24) is 15.1 Å². The van der Waals surface area contributed by atoms with Crippen LogP contribution >= 0.6 is 0 Å². The minimum atomic E-state index is 0.0204. The monoisotopic (exact) mass is 389 g/mol. The molecular formula is C23H39N3O2. The summed E-state index contributed by atoms with van der Waals surface area (Å²) in [6, 6.07) is 0.0204. The van der Waals surface area contributed by atoms with Crippen LogP contribution in [0.3, 0.4) is 0 Å². The second kappa shape index (κ2) is 9.60. The highest BCUT2D eigenvalue weighted by atomic mass is 16.2. The molecule has 5 heteroatoms. The normalized spacial score (nSPS) is 26.8. The number of carbonyl (C=O) groups excluding carboxylic acids is 2. The molecule has 4 rings (SSSR count). The number of nitrogens with zero attached hydrogens (tertiary/aromatic N) is 2. The van der Waals surface area contributed by atoms with Crippen LogP contribution in [0.25, 0.3) is 0 Å². The molecule has 1 N–H and O–H groups in total. The van der Waals surface area contributed by atoms with E-state index in [4.69, 9.17) is 0 Å². The van der Waals surface area contributed by atoms with Crippen molar-refractivity contribution in [2.75, 3.05) is 32.7 Å². The molecule has 3 aliphatic carbocycles. The van der Waals surface area contributed by atoms with Gasteiger partial charge in [-0.15, -0.1) is 0 Å². The van der Waals surface area contributed by atoms with Gasteiger partial charge in [-0.1, -0.05) is 38.5 Å². The molecule has 0 bridgehead atoms. The van der Waals surface area contributed by atoms with Crippen LogP contribution in [0.1, 0.15) is 77.0 Å². The number of hydrogen-bond acceptors (Lipinski definition) is 3. The first-order valence-electron chi connectivity index (χ1n) is 12.0. The van der Waals surface area contributed by atoms with Gasteiger partial charge in [-0.25, -0.2) is 0 Å². The molecular weight excluding hydrogens is 350 g/mol. The fourth-order valence-electron chi connectivity index (χ4n) is 5.83. The Hall–Kier alpha value is -1.10. The summed E-state index contributed by atoms with van der Waals surface area (Å²) in [6.07, 6.45) is 14.8. The van der Waals surface area contributed by atoms with Gasteiger partial charge in [0.1, 0.15) is 0 Å². The summed E-state index contributed by atoms with van der Waals surface area (Å²) in [5.41, 5.74) is 0. The van der Waals surface area contributed by atoms with Gasteiger partial charge in [0.2, 0.25) is 11.8 Å². The largest absolute Gasteiger partial charge is 0.354 e. The molecule has 4 fully saturated rings. The van der Waals surface area contributed by atoms with Crippen molar-refractivity contribution >= 4 is 11.8 Å². The SMILES string of the molecule is O=C(NCC1CCCCC1)C(C1CCCC1)N1CCN(C(=O)C2CCC2)CC1. The number of rotatable bonds is 6. The number of piperazine rings is 1. The maximum absolute atomic E-state index is 13.2. The fourth-order valence-corrected chi connectivity index (χ4v) is 5.83. The zero-order valence-corrected chi connectivity index (χ0v) is 17.5. The van der Waals surface area contributed by atoms with Crippen LogP contribution in [0.4, 0.5) is 0 Å². The lowest BCUT2D eigenvalue weighted by atomic mass is 9.84. The van der Waals surface area contributed by atoms with Gasteiger partial charge >= 0.3 is 0 Å². The maximum atomic E-state index is 13.2. The van der Waals surface area contributed by atoms with E-state index in [1.54, 1.807) is 0 Å². The molecule has 1 saturated heterocycles. The summed E-state index contributed by atoms with van der Waals surface area (Å²) in [6.45, 7) is 4.18. The van der Waals surface area contributed by atoms with Crippen LogP contribution in [0.15, 0.2) is 0 Å². The lowest BCUT2D eigenvalue weighted by Crippen LogP contribution is -2.59. The van der Waals surface area contributed by atoms with Gasteiger partial charge in [0, 0.05) is 38.6 Å². The standard InChI is InChI=1S/C23H39N3O2/c27-22(24-17-18-7-2-1-3-8-18)21(19-9-4-5-10-19)25-13-15-26(16-14-25)23(28)20-11-6-12-20/h18-21H,1-17H2,(H,24,27). The number of carbonyl (C=O) groups is 2. The Morgan fingerprint density at radius 2 is 1.43 bits per heavy atom. The molecule has 3 saturated carbocycles. The summed E-state index contributed by atoms with van der Waals surface area (Å²) in [5, 5.41) is 3.34. The Labute approximate surface area is 170 Å². The van der Waals surface area contributed by atoms with Crippen LogP contribution < -0.4 is 5.32 Å². The first kappa shape index (κ1) is 20.2. The van der Waals surface area contributed by atoms with E-state index in [0.29, 0.717) is 17.7 Å². The van der Waals surface area contributed by atoms with Crippen LogP contribution in [0.5, 0.6) is 0 Å². The van der Waals surface area contributed by atoms with E-state index in [2.05, 4.69) is 15.1 Å². The van der Waals surface area contributed by atoms with Gasteiger partial charge in [0.25, 0.3) is 0 Å². The summed E-state index contributed by atoms with van der Waals surface area (Å²) >= 11 is 0. The molecule has 0 spiro atoms. The van der Waals surface area contributed by atoms with Gasteiger partial charge in [-0.2, -0.15) is 0 Å². The van der Waals surface area contributed by atoms with Crippen molar-refractivity contribution in [3.63, 3.8) is 0 Å². The average Bonchev–Trinajstić information content (AvgIpc) is 3.21. The number of amides is 2. The second-order valence-electron chi connectivity index (χ2n) is 9.73. The van der Waals surface area contributed by atoms with Crippen molar-refractivity contribution in [3.05, 3.63) is 0 Å². The molecule has 2 amide bonds. The van der Waals surface area contributed by atoms with Crippen molar-refractivity contribution in [3.8, 4) is 0 Å². The van der Waals surface area contributed by atoms with E-state index in [1.165, 1.54) is 64.2 Å². The molecule has 0 aromatic rings. The van der Waals surface area contributed by atoms with Crippen molar-refractivity contribution in [2.45, 2.75) is 83.1 Å². The van der Waals surface area contributed by atoms with Crippen molar-refractivity contribution < 1.29 is 9.59 Å². The lowest BCUT2D eigenvalue weighted by Gasteiger charge is -2.42. The third-order valence-electron chi connectivity index (χ3n) is 7.88. The van der Waals surface area contributed by atoms with Crippen molar-refractivity contribution in [2.24, 2.45) is 17.8 Å². The molecule has 5 nitrogen and oxygen atoms in total. The number of nitrogens with one attached hydrogen (secondary N) is 1. The van der Waals surface area contributed by atoms with E-state index < -0.39 is 0 Å². The molecule has 1 unspecified atom stereocenters. The Morgan fingerprint density at radius 1 is 0.786 bits per heavy atom. The van der Waals surface area contributed by atoms with Crippen LogP contribution in [-0.2, 0) is 9.59 Å². The lowest BCUT2D eigenvalue weighted by molar-refractivity contribution is -0.141. The van der Waals surface area contributed by atoms with E-state index in [-0.39, 0.29) is 17.9 Å². The van der Waals surface area contributed by atoms with E-state index in [9.17, 15) is 9.59 Å². The molecule has 0 radical (unpaired) electrons. The summed E-state index contributed by atoms with van der Waals surface area (Å²) in [4.78, 5) is 30.2. The summed E-state index contributed by atoms with van der Waals surface area (Å²) in [5.74, 6) is 2.09. The molecule has 28 heavy (non-hydrogen) atoms. The van der Waals surface area contributed by atoms with Gasteiger partial charge in [0.15, 0.2) is 0 Å². The zero-order chi connectivity index (χ0) is 19.3. The first-order valence-corrected chi connectivity index (χ1v) is 12.0. The van der Waals surface area contributed by atoms with Crippen molar-refractivity contribution in [1.29, 1.82) is 0 Å². The third kappa shape index (κ3) is 4.72. The summed E-state index contributed by atoms with van der Waals surface area (Å²) in [7, 11) is 0. The van der Waals surface area contributed by atoms with Gasteiger partial charge in [-0.05, 0) is 50.4 Å². The Bertz CT molecular complexity index is 528. The Kier molecular flexibility index (Phi) is 6.92. The second-order valence-corrected chi connectivity index (χ2v) is 9.73. The highest BCUT2D eigenvalue weighted by molar-refractivity contribution is 5.82. The van der Waals surface area contributed by atoms with Crippen LogP contribution in [0, 0.1) is 17.8 Å². The zero-order valence-electron chi connectivity index (χ0n) is 17.5. The Morgan fingerprint density at radius 3 is 2.04 bits per heavy atom. The van der Waals surface area contributed by atoms with Gasteiger partial charge < -0.3 is 10.2 Å². The smallest absolute Gasteiger partial charge is 0.237 e. The molecule has 0 aromatic carbocycles. The van der Waals surface area contributed by atoms with E-state index >= 15 is 0 Å². The molecule has 4 aliphatic rings. The molecule has 1 heterocycles. The third-order valence-corrected chi connectivity index (χ3v) is 7.88. The molecule has 1 aliphatic heterocycles. The molecule has 158 valence electrons.